The van der Waals surface area contributed by atoms with Gasteiger partial charge in [-0.25, -0.2) is 4.79 Å². The highest BCUT2D eigenvalue weighted by molar-refractivity contribution is 7.99. The van der Waals surface area contributed by atoms with Gasteiger partial charge in [0.15, 0.2) is 0 Å². The number of halogens is 3. The number of urea groups is 1. The third kappa shape index (κ3) is 4.75. The first-order valence-electron chi connectivity index (χ1n) is 8.46. The van der Waals surface area contributed by atoms with E-state index in [1.54, 1.807) is 11.8 Å². The van der Waals surface area contributed by atoms with E-state index < -0.39 is 23.9 Å². The third-order valence-corrected chi connectivity index (χ3v) is 5.47. The molecule has 0 spiro atoms. The van der Waals surface area contributed by atoms with E-state index in [0.29, 0.717) is 0 Å². The van der Waals surface area contributed by atoms with Gasteiger partial charge in [0, 0.05) is 17.2 Å². The number of benzene rings is 2. The molecule has 0 bridgehead atoms. The van der Waals surface area contributed by atoms with E-state index in [0.717, 1.165) is 28.7 Å². The van der Waals surface area contributed by atoms with Gasteiger partial charge in [-0.05, 0) is 29.7 Å². The summed E-state index contributed by atoms with van der Waals surface area (Å²) in [4.78, 5) is 13.3. The minimum absolute atomic E-state index is 0.165. The number of aliphatic hydroxyl groups is 1. The molecule has 0 unspecified atom stereocenters. The SMILES string of the molecule is O=C(NC[C@@H](O)c1ccccc1C(F)(F)F)N[C@@H]1CCSc2ccccc21. The van der Waals surface area contributed by atoms with Gasteiger partial charge in [0.1, 0.15) is 0 Å². The summed E-state index contributed by atoms with van der Waals surface area (Å²) in [5.74, 6) is 0.865. The molecule has 8 heteroatoms. The number of nitrogens with one attached hydrogen (secondary N) is 2. The van der Waals surface area contributed by atoms with Crippen molar-refractivity contribution in [2.75, 3.05) is 12.3 Å². The predicted octanol–water partition coefficient (Wildman–Crippen LogP) is 4.28. The van der Waals surface area contributed by atoms with Crippen molar-refractivity contribution in [1.29, 1.82) is 0 Å². The number of hydrogen-bond donors (Lipinski definition) is 3. The van der Waals surface area contributed by atoms with E-state index in [1.165, 1.54) is 18.2 Å². The first-order chi connectivity index (χ1) is 12.9. The first kappa shape index (κ1) is 19.6. The lowest BCUT2D eigenvalue weighted by Crippen LogP contribution is -2.40. The minimum atomic E-state index is -4.57. The van der Waals surface area contributed by atoms with Crippen molar-refractivity contribution >= 4 is 17.8 Å². The Morgan fingerprint density at radius 3 is 2.67 bits per heavy atom. The van der Waals surface area contributed by atoms with Crippen LogP contribution in [0.5, 0.6) is 0 Å². The van der Waals surface area contributed by atoms with Crippen LogP contribution < -0.4 is 10.6 Å². The van der Waals surface area contributed by atoms with E-state index in [2.05, 4.69) is 10.6 Å². The lowest BCUT2D eigenvalue weighted by molar-refractivity contribution is -0.139. The normalized spacial score (nSPS) is 17.7. The van der Waals surface area contributed by atoms with Gasteiger partial charge >= 0.3 is 12.2 Å². The summed E-state index contributed by atoms with van der Waals surface area (Å²) < 4.78 is 39.1. The molecule has 0 aliphatic carbocycles. The fourth-order valence-electron chi connectivity index (χ4n) is 3.05. The number of amides is 2. The molecular weight excluding hydrogens is 377 g/mol. The molecule has 144 valence electrons. The van der Waals surface area contributed by atoms with Gasteiger partial charge in [0.25, 0.3) is 0 Å². The molecule has 3 N–H and O–H groups in total. The smallest absolute Gasteiger partial charge is 0.387 e. The summed E-state index contributed by atoms with van der Waals surface area (Å²) in [6.45, 7) is -0.317. The second-order valence-corrected chi connectivity index (χ2v) is 7.32. The van der Waals surface area contributed by atoms with Crippen molar-refractivity contribution < 1.29 is 23.1 Å². The molecule has 0 radical (unpaired) electrons. The lowest BCUT2D eigenvalue weighted by atomic mass is 10.0. The Morgan fingerprint density at radius 1 is 1.19 bits per heavy atom. The molecule has 1 aliphatic heterocycles. The van der Waals surface area contributed by atoms with Gasteiger partial charge in [-0.3, -0.25) is 0 Å². The van der Waals surface area contributed by atoms with E-state index in [9.17, 15) is 23.1 Å². The van der Waals surface area contributed by atoms with Crippen molar-refractivity contribution in [2.24, 2.45) is 0 Å². The average Bonchev–Trinajstić information content (AvgIpc) is 2.66. The summed E-state index contributed by atoms with van der Waals surface area (Å²) in [7, 11) is 0. The maximum atomic E-state index is 13.0. The molecule has 2 amide bonds. The number of carbonyl (C=O) groups is 1. The molecule has 27 heavy (non-hydrogen) atoms. The molecule has 0 fully saturated rings. The van der Waals surface area contributed by atoms with Crippen molar-refractivity contribution in [1.82, 2.24) is 10.6 Å². The summed E-state index contributed by atoms with van der Waals surface area (Å²) in [5, 5.41) is 15.4. The number of carbonyl (C=O) groups excluding carboxylic acids is 1. The lowest BCUT2D eigenvalue weighted by Gasteiger charge is -2.26. The zero-order valence-corrected chi connectivity index (χ0v) is 15.1. The highest BCUT2D eigenvalue weighted by Crippen LogP contribution is 2.36. The van der Waals surface area contributed by atoms with Crippen molar-refractivity contribution in [3.05, 3.63) is 65.2 Å². The van der Waals surface area contributed by atoms with Gasteiger partial charge < -0.3 is 15.7 Å². The zero-order chi connectivity index (χ0) is 19.4. The maximum absolute atomic E-state index is 13.0. The molecule has 3 rings (SSSR count). The van der Waals surface area contributed by atoms with Gasteiger partial charge in [0.2, 0.25) is 0 Å². The molecule has 0 saturated carbocycles. The predicted molar refractivity (Wildman–Crippen MR) is 97.5 cm³/mol. The fourth-order valence-corrected chi connectivity index (χ4v) is 4.17. The molecule has 4 nitrogen and oxygen atoms in total. The maximum Gasteiger partial charge on any atom is 0.416 e. The molecule has 2 aromatic carbocycles. The van der Waals surface area contributed by atoms with Gasteiger partial charge in [-0.1, -0.05) is 36.4 Å². The van der Waals surface area contributed by atoms with Crippen LogP contribution in [0.4, 0.5) is 18.0 Å². The Bertz CT molecular complexity index is 814. The fraction of sp³-hybridized carbons (Fsp3) is 0.316. The van der Waals surface area contributed by atoms with Crippen LogP contribution in [0.2, 0.25) is 0 Å². The quantitative estimate of drug-likeness (QED) is 0.723. The Labute approximate surface area is 159 Å². The Hall–Kier alpha value is -2.19. The highest BCUT2D eigenvalue weighted by Gasteiger charge is 2.34. The summed E-state index contributed by atoms with van der Waals surface area (Å²) in [6.07, 6.45) is -5.26. The molecule has 1 heterocycles. The van der Waals surface area contributed by atoms with Crippen molar-refractivity contribution in [3.8, 4) is 0 Å². The first-order valence-corrected chi connectivity index (χ1v) is 9.45. The van der Waals surface area contributed by atoms with Crippen LogP contribution in [0.1, 0.15) is 35.3 Å². The van der Waals surface area contributed by atoms with Crippen LogP contribution in [0.15, 0.2) is 53.4 Å². The minimum Gasteiger partial charge on any atom is -0.387 e. The van der Waals surface area contributed by atoms with Crippen LogP contribution >= 0.6 is 11.8 Å². The molecule has 2 atom stereocenters. The molecule has 0 saturated heterocycles. The van der Waals surface area contributed by atoms with Gasteiger partial charge in [-0.15, -0.1) is 11.8 Å². The average molecular weight is 396 g/mol. The monoisotopic (exact) mass is 396 g/mol. The number of hydrogen-bond acceptors (Lipinski definition) is 3. The van der Waals surface area contributed by atoms with Crippen molar-refractivity contribution in [3.63, 3.8) is 0 Å². The van der Waals surface area contributed by atoms with Crippen LogP contribution in [0.3, 0.4) is 0 Å². The Morgan fingerprint density at radius 2 is 1.89 bits per heavy atom. The highest BCUT2D eigenvalue weighted by atomic mass is 32.2. The molecule has 2 aromatic rings. The van der Waals surface area contributed by atoms with Gasteiger partial charge in [0.05, 0.1) is 17.7 Å². The van der Waals surface area contributed by atoms with Crippen LogP contribution in [0.25, 0.3) is 0 Å². The molecular formula is C19H19F3N2O2S. The Kier molecular flexibility index (Phi) is 5.96. The van der Waals surface area contributed by atoms with Gasteiger partial charge in [-0.2, -0.15) is 13.2 Å². The van der Waals surface area contributed by atoms with E-state index in [4.69, 9.17) is 0 Å². The zero-order valence-electron chi connectivity index (χ0n) is 14.3. The van der Waals surface area contributed by atoms with Crippen LogP contribution in [-0.2, 0) is 6.18 Å². The topological polar surface area (TPSA) is 61.4 Å². The second kappa shape index (κ2) is 8.22. The van der Waals surface area contributed by atoms with Crippen molar-refractivity contribution in [2.45, 2.75) is 29.6 Å². The third-order valence-electron chi connectivity index (χ3n) is 4.35. The van der Waals surface area contributed by atoms with E-state index in [1.807, 2.05) is 24.3 Å². The van der Waals surface area contributed by atoms with E-state index >= 15 is 0 Å². The molecule has 1 aliphatic rings. The number of rotatable bonds is 4. The summed E-state index contributed by atoms with van der Waals surface area (Å²) in [5.41, 5.74) is -0.144. The number of fused-ring (bicyclic) bond motifs is 1. The second-order valence-electron chi connectivity index (χ2n) is 6.18. The summed E-state index contributed by atoms with van der Waals surface area (Å²) >= 11 is 1.72. The number of aliphatic hydroxyl groups excluding tert-OH is 1. The number of alkyl halides is 3. The standard InChI is InChI=1S/C19H19F3N2O2S/c20-19(21,22)14-7-3-1-5-12(14)16(25)11-23-18(26)24-15-9-10-27-17-8-4-2-6-13(15)17/h1-8,15-16,25H,9-11H2,(H2,23,24,26)/t15-,16-/m1/s1. The van der Waals surface area contributed by atoms with Crippen LogP contribution in [-0.4, -0.2) is 23.4 Å². The largest absolute Gasteiger partial charge is 0.416 e. The van der Waals surface area contributed by atoms with Crippen LogP contribution in [0, 0.1) is 0 Å². The Balaban J connectivity index is 1.61. The summed E-state index contributed by atoms with van der Waals surface area (Å²) in [6, 6.07) is 11.9. The number of thioether (sulfide) groups is 1. The molecule has 0 aromatic heterocycles. The van der Waals surface area contributed by atoms with E-state index in [-0.39, 0.29) is 18.2 Å².